The lowest BCUT2D eigenvalue weighted by Gasteiger charge is -2.39. The zero-order chi connectivity index (χ0) is 13.8. The molecule has 3 unspecified atom stereocenters. The van der Waals surface area contributed by atoms with Gasteiger partial charge in [-0.05, 0) is 46.5 Å². The van der Waals surface area contributed by atoms with Crippen LogP contribution in [0.3, 0.4) is 0 Å². The standard InChI is InChI=1S/C15H21BrN2O/c1-14(2)9-4-5-15(14,3)12(6-9)19-13-10(16)7-18-8-11(13)17/h7-9,12H,4-6,17H2,1-3H3. The number of nitrogens with two attached hydrogens (primary N) is 1. The first-order valence-corrected chi connectivity index (χ1v) is 7.71. The molecule has 104 valence electrons. The van der Waals surface area contributed by atoms with Gasteiger partial charge >= 0.3 is 0 Å². The number of anilines is 1. The van der Waals surface area contributed by atoms with Crippen molar-refractivity contribution >= 4 is 21.6 Å². The van der Waals surface area contributed by atoms with E-state index in [1.807, 2.05) is 0 Å². The molecule has 4 heteroatoms. The molecule has 3 atom stereocenters. The van der Waals surface area contributed by atoms with E-state index in [1.54, 1.807) is 12.4 Å². The van der Waals surface area contributed by atoms with E-state index in [0.29, 0.717) is 11.1 Å². The number of ether oxygens (including phenoxy) is 1. The number of hydrogen-bond donors (Lipinski definition) is 1. The Bertz CT molecular complexity index is 497. The molecule has 3 rings (SSSR count). The van der Waals surface area contributed by atoms with Crippen LogP contribution in [0.2, 0.25) is 0 Å². The molecule has 2 aliphatic carbocycles. The second-order valence-electron chi connectivity index (χ2n) is 6.76. The van der Waals surface area contributed by atoms with Crippen molar-refractivity contribution < 1.29 is 4.74 Å². The second-order valence-corrected chi connectivity index (χ2v) is 7.61. The Balaban J connectivity index is 1.90. The van der Waals surface area contributed by atoms with Crippen molar-refractivity contribution in [1.82, 2.24) is 4.98 Å². The van der Waals surface area contributed by atoms with Gasteiger partial charge in [0.05, 0.1) is 16.4 Å². The summed E-state index contributed by atoms with van der Waals surface area (Å²) in [7, 11) is 0. The molecule has 2 aliphatic rings. The van der Waals surface area contributed by atoms with Crippen molar-refractivity contribution in [3.05, 3.63) is 16.9 Å². The highest BCUT2D eigenvalue weighted by Gasteiger charge is 2.62. The Kier molecular flexibility index (Phi) is 2.86. The first-order chi connectivity index (χ1) is 8.86. The van der Waals surface area contributed by atoms with E-state index in [2.05, 4.69) is 41.7 Å². The van der Waals surface area contributed by atoms with E-state index in [0.717, 1.165) is 22.6 Å². The zero-order valence-corrected chi connectivity index (χ0v) is 13.3. The van der Waals surface area contributed by atoms with E-state index in [9.17, 15) is 0 Å². The van der Waals surface area contributed by atoms with Gasteiger partial charge in [0.15, 0.2) is 5.75 Å². The summed E-state index contributed by atoms with van der Waals surface area (Å²) in [4.78, 5) is 4.06. The van der Waals surface area contributed by atoms with Crippen molar-refractivity contribution in [1.29, 1.82) is 0 Å². The molecule has 2 bridgehead atoms. The van der Waals surface area contributed by atoms with Crippen LogP contribution in [0.5, 0.6) is 5.75 Å². The van der Waals surface area contributed by atoms with E-state index in [-0.39, 0.29) is 11.5 Å². The van der Waals surface area contributed by atoms with Crippen molar-refractivity contribution in [2.75, 3.05) is 5.73 Å². The second kappa shape index (κ2) is 4.11. The summed E-state index contributed by atoms with van der Waals surface area (Å²) in [6.45, 7) is 7.15. The lowest BCUT2D eigenvalue weighted by molar-refractivity contribution is 0.0301. The molecule has 0 spiro atoms. The Morgan fingerprint density at radius 2 is 2.11 bits per heavy atom. The van der Waals surface area contributed by atoms with Gasteiger partial charge in [0.2, 0.25) is 0 Å². The Morgan fingerprint density at radius 3 is 2.63 bits per heavy atom. The number of hydrogen-bond acceptors (Lipinski definition) is 3. The maximum atomic E-state index is 6.30. The third-order valence-corrected chi connectivity index (χ3v) is 6.42. The van der Waals surface area contributed by atoms with Crippen LogP contribution < -0.4 is 10.5 Å². The Hall–Kier alpha value is -0.770. The molecule has 2 fully saturated rings. The van der Waals surface area contributed by atoms with Gasteiger partial charge in [0.25, 0.3) is 0 Å². The van der Waals surface area contributed by atoms with Crippen molar-refractivity contribution in [3.8, 4) is 5.75 Å². The molecular weight excluding hydrogens is 304 g/mol. The topological polar surface area (TPSA) is 48.1 Å². The minimum Gasteiger partial charge on any atom is -0.486 e. The van der Waals surface area contributed by atoms with Crippen molar-refractivity contribution in [2.45, 2.75) is 46.1 Å². The van der Waals surface area contributed by atoms with Gasteiger partial charge < -0.3 is 10.5 Å². The molecule has 0 radical (unpaired) electrons. The predicted octanol–water partition coefficient (Wildman–Crippen LogP) is 4.02. The van der Waals surface area contributed by atoms with E-state index >= 15 is 0 Å². The molecule has 1 aromatic rings. The first kappa shape index (κ1) is 13.2. The highest BCUT2D eigenvalue weighted by atomic mass is 79.9. The maximum Gasteiger partial charge on any atom is 0.159 e. The smallest absolute Gasteiger partial charge is 0.159 e. The van der Waals surface area contributed by atoms with Gasteiger partial charge in [-0.2, -0.15) is 0 Å². The van der Waals surface area contributed by atoms with Crippen molar-refractivity contribution in [2.24, 2.45) is 16.7 Å². The molecular formula is C15H21BrN2O. The highest BCUT2D eigenvalue weighted by molar-refractivity contribution is 9.10. The number of aromatic nitrogens is 1. The number of nitrogen functional groups attached to an aromatic ring is 1. The maximum absolute atomic E-state index is 6.30. The van der Waals surface area contributed by atoms with Crippen LogP contribution in [0.4, 0.5) is 5.69 Å². The van der Waals surface area contributed by atoms with Crippen LogP contribution in [-0.4, -0.2) is 11.1 Å². The lowest BCUT2D eigenvalue weighted by atomic mass is 9.70. The lowest BCUT2D eigenvalue weighted by Crippen LogP contribution is -2.39. The first-order valence-electron chi connectivity index (χ1n) is 6.92. The molecule has 0 saturated heterocycles. The van der Waals surface area contributed by atoms with E-state index in [1.165, 1.54) is 12.8 Å². The van der Waals surface area contributed by atoms with Gasteiger partial charge in [-0.1, -0.05) is 20.8 Å². The molecule has 3 nitrogen and oxygen atoms in total. The van der Waals surface area contributed by atoms with Crippen LogP contribution >= 0.6 is 15.9 Å². The van der Waals surface area contributed by atoms with E-state index in [4.69, 9.17) is 10.5 Å². The molecule has 2 saturated carbocycles. The van der Waals surface area contributed by atoms with Gasteiger partial charge in [0.1, 0.15) is 6.10 Å². The monoisotopic (exact) mass is 324 g/mol. The average molecular weight is 325 g/mol. The summed E-state index contributed by atoms with van der Waals surface area (Å²) in [6, 6.07) is 0. The van der Waals surface area contributed by atoms with Crippen LogP contribution in [0.1, 0.15) is 40.0 Å². The minimum absolute atomic E-state index is 0.243. The number of fused-ring (bicyclic) bond motifs is 2. The van der Waals surface area contributed by atoms with Gasteiger partial charge in [-0.25, -0.2) is 0 Å². The Labute approximate surface area is 123 Å². The summed E-state index contributed by atoms with van der Waals surface area (Å²) in [5, 5.41) is 0. The normalized spacial score (nSPS) is 35.6. The fraction of sp³-hybridized carbons (Fsp3) is 0.667. The third-order valence-electron chi connectivity index (χ3n) is 5.85. The zero-order valence-electron chi connectivity index (χ0n) is 11.7. The number of halogens is 1. The summed E-state index contributed by atoms with van der Waals surface area (Å²) < 4.78 is 7.14. The third kappa shape index (κ3) is 1.72. The van der Waals surface area contributed by atoms with Crippen LogP contribution in [0.15, 0.2) is 16.9 Å². The minimum atomic E-state index is 0.243. The van der Waals surface area contributed by atoms with Crippen LogP contribution in [0, 0.1) is 16.7 Å². The summed E-state index contributed by atoms with van der Waals surface area (Å²) in [5.41, 5.74) is 7.20. The van der Waals surface area contributed by atoms with Gasteiger partial charge in [0, 0.05) is 11.6 Å². The number of pyridine rings is 1. The molecule has 0 amide bonds. The SMILES string of the molecule is CC1(C)C2CCC1(C)C(Oc1c(N)cncc1Br)C2. The molecule has 0 aliphatic heterocycles. The number of nitrogens with zero attached hydrogens (tertiary/aromatic N) is 1. The fourth-order valence-electron chi connectivity index (χ4n) is 4.01. The van der Waals surface area contributed by atoms with Gasteiger partial charge in [-0.15, -0.1) is 0 Å². The summed E-state index contributed by atoms with van der Waals surface area (Å²) in [6.07, 6.45) is 7.36. The summed E-state index contributed by atoms with van der Waals surface area (Å²) >= 11 is 3.49. The average Bonchev–Trinajstić information content (AvgIpc) is 2.67. The molecule has 2 N–H and O–H groups in total. The molecule has 19 heavy (non-hydrogen) atoms. The van der Waals surface area contributed by atoms with Crippen LogP contribution in [0.25, 0.3) is 0 Å². The number of rotatable bonds is 2. The van der Waals surface area contributed by atoms with E-state index < -0.39 is 0 Å². The summed E-state index contributed by atoms with van der Waals surface area (Å²) in [5.74, 6) is 1.52. The fourth-order valence-corrected chi connectivity index (χ4v) is 4.45. The molecule has 1 heterocycles. The Morgan fingerprint density at radius 1 is 1.37 bits per heavy atom. The quantitative estimate of drug-likeness (QED) is 0.893. The largest absolute Gasteiger partial charge is 0.486 e. The molecule has 1 aromatic heterocycles. The molecule has 0 aromatic carbocycles. The van der Waals surface area contributed by atoms with Crippen molar-refractivity contribution in [3.63, 3.8) is 0 Å². The van der Waals surface area contributed by atoms with Gasteiger partial charge in [-0.3, -0.25) is 4.98 Å². The predicted molar refractivity (Wildman–Crippen MR) is 80.0 cm³/mol. The highest BCUT2D eigenvalue weighted by Crippen LogP contribution is 2.66. The van der Waals surface area contributed by atoms with Crippen LogP contribution in [-0.2, 0) is 0 Å².